The summed E-state index contributed by atoms with van der Waals surface area (Å²) < 4.78 is 32.7. The number of benzene rings is 1. The average Bonchev–Trinajstić information content (AvgIpc) is 3.02. The van der Waals surface area contributed by atoms with Gasteiger partial charge in [0, 0.05) is 5.56 Å². The molecule has 0 unspecified atom stereocenters. The standard InChI is InChI=1S/C13H8F2N2O7/c14-13(15)22-8-3-1-7(2-4-8)11(18)16-24-12(19)9-5-6-10(23-9)17(20)21/h1-6,13H,(H,16,18). The van der Waals surface area contributed by atoms with E-state index >= 15 is 0 Å². The van der Waals surface area contributed by atoms with Gasteiger partial charge in [-0.15, -0.1) is 0 Å². The first-order valence-electron chi connectivity index (χ1n) is 6.17. The number of carbonyl (C=O) groups excluding carboxylic acids is 2. The van der Waals surface area contributed by atoms with E-state index in [1.54, 1.807) is 5.48 Å². The van der Waals surface area contributed by atoms with Crippen molar-refractivity contribution in [3.63, 3.8) is 0 Å². The second-order valence-corrected chi connectivity index (χ2v) is 4.12. The first kappa shape index (κ1) is 16.9. The zero-order chi connectivity index (χ0) is 17.7. The van der Waals surface area contributed by atoms with E-state index in [1.807, 2.05) is 0 Å². The largest absolute Gasteiger partial charge is 0.435 e. The fraction of sp³-hybridized carbons (Fsp3) is 0.0769. The zero-order valence-corrected chi connectivity index (χ0v) is 11.6. The lowest BCUT2D eigenvalue weighted by Crippen LogP contribution is -2.26. The van der Waals surface area contributed by atoms with Crippen LogP contribution in [0.4, 0.5) is 14.7 Å². The Balaban J connectivity index is 1.92. The molecule has 1 amide bonds. The number of furan rings is 1. The summed E-state index contributed by atoms with van der Waals surface area (Å²) in [5.41, 5.74) is 1.78. The molecule has 0 aliphatic carbocycles. The van der Waals surface area contributed by atoms with Crippen LogP contribution in [-0.2, 0) is 4.84 Å². The number of nitro groups is 1. The highest BCUT2D eigenvalue weighted by Gasteiger charge is 2.19. The van der Waals surface area contributed by atoms with Crippen LogP contribution in [0.15, 0.2) is 40.8 Å². The molecule has 0 aliphatic heterocycles. The molecule has 0 aliphatic rings. The number of ether oxygens (including phenoxy) is 1. The fourth-order valence-electron chi connectivity index (χ4n) is 1.53. The number of carbonyl (C=O) groups is 2. The summed E-state index contributed by atoms with van der Waals surface area (Å²) in [4.78, 5) is 37.2. The van der Waals surface area contributed by atoms with Crippen molar-refractivity contribution in [3.8, 4) is 5.75 Å². The molecule has 1 N–H and O–H groups in total. The number of amides is 1. The van der Waals surface area contributed by atoms with Crippen LogP contribution >= 0.6 is 0 Å². The SMILES string of the molecule is O=C(NOC(=O)c1ccc([N+](=O)[O-])o1)c1ccc(OC(F)F)cc1. The van der Waals surface area contributed by atoms with Crippen LogP contribution in [0.1, 0.15) is 20.9 Å². The Hall–Kier alpha value is -3.50. The summed E-state index contributed by atoms with van der Waals surface area (Å²) in [7, 11) is 0. The topological polar surface area (TPSA) is 121 Å². The number of nitrogens with one attached hydrogen (secondary N) is 1. The maximum absolute atomic E-state index is 12.0. The molecule has 2 aromatic rings. The van der Waals surface area contributed by atoms with Crippen molar-refractivity contribution in [2.45, 2.75) is 6.61 Å². The van der Waals surface area contributed by atoms with E-state index in [-0.39, 0.29) is 11.3 Å². The van der Waals surface area contributed by atoms with Crippen LogP contribution in [0.3, 0.4) is 0 Å². The quantitative estimate of drug-likeness (QED) is 0.653. The Bertz CT molecular complexity index is 758. The summed E-state index contributed by atoms with van der Waals surface area (Å²) >= 11 is 0. The first-order valence-corrected chi connectivity index (χ1v) is 6.17. The van der Waals surface area contributed by atoms with Crippen molar-refractivity contribution in [2.75, 3.05) is 0 Å². The van der Waals surface area contributed by atoms with Gasteiger partial charge in [0.25, 0.3) is 5.91 Å². The zero-order valence-electron chi connectivity index (χ0n) is 11.6. The number of alkyl halides is 2. The van der Waals surface area contributed by atoms with Gasteiger partial charge < -0.3 is 14.0 Å². The number of hydroxylamine groups is 1. The van der Waals surface area contributed by atoms with Gasteiger partial charge >= 0.3 is 18.5 Å². The number of rotatable bonds is 5. The van der Waals surface area contributed by atoms with Crippen LogP contribution in [0, 0.1) is 10.1 Å². The minimum absolute atomic E-state index is 0.00478. The third-order valence-electron chi connectivity index (χ3n) is 2.55. The van der Waals surface area contributed by atoms with Crippen molar-refractivity contribution in [1.82, 2.24) is 5.48 Å². The minimum Gasteiger partial charge on any atom is -0.435 e. The Morgan fingerprint density at radius 2 is 1.83 bits per heavy atom. The molecule has 0 saturated heterocycles. The third-order valence-corrected chi connectivity index (χ3v) is 2.55. The molecule has 9 nitrogen and oxygen atoms in total. The maximum Gasteiger partial charge on any atom is 0.433 e. The Kier molecular flexibility index (Phi) is 5.04. The number of nitrogens with zero attached hydrogens (tertiary/aromatic N) is 1. The molecule has 2 rings (SSSR count). The monoisotopic (exact) mass is 342 g/mol. The lowest BCUT2D eigenvalue weighted by Gasteiger charge is -2.06. The molecule has 0 saturated carbocycles. The van der Waals surface area contributed by atoms with E-state index in [1.165, 1.54) is 12.1 Å². The molecule has 11 heteroatoms. The predicted octanol–water partition coefficient (Wildman–Crippen LogP) is 2.29. The maximum atomic E-state index is 12.0. The highest BCUT2D eigenvalue weighted by molar-refractivity contribution is 5.95. The van der Waals surface area contributed by atoms with Gasteiger partial charge in [0.2, 0.25) is 5.76 Å². The van der Waals surface area contributed by atoms with Crippen molar-refractivity contribution in [2.24, 2.45) is 0 Å². The van der Waals surface area contributed by atoms with E-state index in [4.69, 9.17) is 0 Å². The molecule has 1 aromatic heterocycles. The van der Waals surface area contributed by atoms with Crippen LogP contribution in [0.5, 0.6) is 5.75 Å². The van der Waals surface area contributed by atoms with Gasteiger partial charge in [-0.3, -0.25) is 14.9 Å². The molecular weight excluding hydrogens is 334 g/mol. The number of hydrogen-bond acceptors (Lipinski definition) is 7. The van der Waals surface area contributed by atoms with Crippen molar-refractivity contribution < 1.29 is 37.3 Å². The average molecular weight is 342 g/mol. The summed E-state index contributed by atoms with van der Waals surface area (Å²) in [6, 6.07) is 6.53. The van der Waals surface area contributed by atoms with Gasteiger partial charge in [0.15, 0.2) is 0 Å². The predicted molar refractivity (Wildman–Crippen MR) is 71.3 cm³/mol. The van der Waals surface area contributed by atoms with Gasteiger partial charge in [-0.1, -0.05) is 0 Å². The second-order valence-electron chi connectivity index (χ2n) is 4.12. The third kappa shape index (κ3) is 4.25. The van der Waals surface area contributed by atoms with Crippen molar-refractivity contribution >= 4 is 17.8 Å². The molecule has 0 spiro atoms. The van der Waals surface area contributed by atoms with Crippen molar-refractivity contribution in [3.05, 3.63) is 57.8 Å². The van der Waals surface area contributed by atoms with Crippen LogP contribution in [0.2, 0.25) is 0 Å². The summed E-state index contributed by atoms with van der Waals surface area (Å²) in [6.45, 7) is -3.00. The minimum atomic E-state index is -3.00. The van der Waals surface area contributed by atoms with E-state index in [2.05, 4.69) is 14.0 Å². The molecular formula is C13H8F2N2O7. The molecule has 0 radical (unpaired) electrons. The fourth-order valence-corrected chi connectivity index (χ4v) is 1.53. The van der Waals surface area contributed by atoms with E-state index < -0.39 is 35.1 Å². The van der Waals surface area contributed by atoms with Gasteiger partial charge in [-0.2, -0.15) is 14.3 Å². The van der Waals surface area contributed by atoms with Gasteiger partial charge in [-0.05, 0) is 30.3 Å². The van der Waals surface area contributed by atoms with Crippen molar-refractivity contribution in [1.29, 1.82) is 0 Å². The van der Waals surface area contributed by atoms with Crippen LogP contribution < -0.4 is 10.2 Å². The van der Waals surface area contributed by atoms with E-state index in [9.17, 15) is 28.5 Å². The normalized spacial score (nSPS) is 10.3. The summed E-state index contributed by atoms with van der Waals surface area (Å²) in [5, 5.41) is 10.4. The lowest BCUT2D eigenvalue weighted by atomic mass is 10.2. The lowest BCUT2D eigenvalue weighted by molar-refractivity contribution is -0.402. The molecule has 1 heterocycles. The van der Waals surface area contributed by atoms with Gasteiger partial charge in [0.1, 0.15) is 10.7 Å². The van der Waals surface area contributed by atoms with Gasteiger partial charge in [-0.25, -0.2) is 4.79 Å². The molecule has 0 fully saturated rings. The Labute approximate surface area is 131 Å². The summed E-state index contributed by atoms with van der Waals surface area (Å²) in [6.07, 6.45) is 0. The molecule has 0 bridgehead atoms. The summed E-state index contributed by atoms with van der Waals surface area (Å²) in [5.74, 6) is -3.31. The van der Waals surface area contributed by atoms with E-state index in [0.29, 0.717) is 0 Å². The second kappa shape index (κ2) is 7.17. The van der Waals surface area contributed by atoms with Gasteiger partial charge in [0.05, 0.1) is 6.07 Å². The highest BCUT2D eigenvalue weighted by atomic mass is 19.3. The molecule has 126 valence electrons. The first-order chi connectivity index (χ1) is 11.4. The Morgan fingerprint density at radius 1 is 1.17 bits per heavy atom. The molecule has 24 heavy (non-hydrogen) atoms. The molecule has 1 aromatic carbocycles. The van der Waals surface area contributed by atoms with Crippen LogP contribution in [0.25, 0.3) is 0 Å². The Morgan fingerprint density at radius 3 is 2.38 bits per heavy atom. The highest BCUT2D eigenvalue weighted by Crippen LogP contribution is 2.17. The number of hydrogen-bond donors (Lipinski definition) is 1. The molecule has 0 atom stereocenters. The smallest absolute Gasteiger partial charge is 0.433 e. The van der Waals surface area contributed by atoms with Crippen LogP contribution in [-0.4, -0.2) is 23.4 Å². The number of halogens is 2. The van der Waals surface area contributed by atoms with E-state index in [0.717, 1.165) is 24.3 Å².